The average molecular weight is 394 g/mol. The van der Waals surface area contributed by atoms with Crippen molar-refractivity contribution >= 4 is 48.9 Å². The van der Waals surface area contributed by atoms with Gasteiger partial charge in [-0.1, -0.05) is 6.07 Å². The van der Waals surface area contributed by atoms with Gasteiger partial charge in [0.25, 0.3) is 10.0 Å². The van der Waals surface area contributed by atoms with E-state index >= 15 is 0 Å². The Kier molecular flexibility index (Phi) is 4.35. The molecule has 0 fully saturated rings. The van der Waals surface area contributed by atoms with Crippen molar-refractivity contribution in [3.05, 3.63) is 44.3 Å². The summed E-state index contributed by atoms with van der Waals surface area (Å²) in [6.07, 6.45) is 0. The van der Waals surface area contributed by atoms with Gasteiger partial charge in [-0.05, 0) is 41.1 Å². The summed E-state index contributed by atoms with van der Waals surface area (Å²) >= 11 is 4.38. The van der Waals surface area contributed by atoms with Crippen molar-refractivity contribution < 1.29 is 22.7 Å². The second-order valence-electron chi connectivity index (χ2n) is 4.04. The van der Waals surface area contributed by atoms with Crippen LogP contribution in [0.1, 0.15) is 15.2 Å². The number of para-hydroxylation sites is 1. The van der Waals surface area contributed by atoms with Crippen LogP contribution < -0.4 is 4.72 Å². The molecule has 2 aromatic rings. The molecule has 0 atom stereocenters. The topological polar surface area (TPSA) is 83.5 Å². The number of aryl methyl sites for hydroxylation is 1. The molecule has 21 heavy (non-hydrogen) atoms. The highest BCUT2D eigenvalue weighted by Gasteiger charge is 2.24. The predicted molar refractivity (Wildman–Crippen MR) is 80.9 cm³/mol. The zero-order valence-electron chi connectivity index (χ0n) is 10.6. The highest BCUT2D eigenvalue weighted by Crippen LogP contribution is 2.32. The lowest BCUT2D eigenvalue weighted by Crippen LogP contribution is -2.17. The largest absolute Gasteiger partial charge is 0.478 e. The molecule has 1 aromatic carbocycles. The maximum Gasteiger partial charge on any atom is 0.337 e. The smallest absolute Gasteiger partial charge is 0.337 e. The van der Waals surface area contributed by atoms with E-state index in [1.165, 1.54) is 23.5 Å². The van der Waals surface area contributed by atoms with E-state index in [2.05, 4.69) is 15.9 Å². The minimum atomic E-state index is -4.07. The quantitative estimate of drug-likeness (QED) is 0.832. The fourth-order valence-corrected chi connectivity index (χ4v) is 5.20. The average Bonchev–Trinajstić information content (AvgIpc) is 2.71. The van der Waals surface area contributed by atoms with Gasteiger partial charge >= 0.3 is 5.97 Å². The summed E-state index contributed by atoms with van der Waals surface area (Å²) in [5.74, 6) is -2.37. The minimum absolute atomic E-state index is 0.0287. The number of carboxylic acids is 1. The molecule has 0 aliphatic rings. The number of halogens is 2. The maximum atomic E-state index is 13.8. The van der Waals surface area contributed by atoms with Gasteiger partial charge in [0, 0.05) is 4.88 Å². The molecule has 9 heteroatoms. The summed E-state index contributed by atoms with van der Waals surface area (Å²) in [5, 5.41) is 9.01. The van der Waals surface area contributed by atoms with Crippen molar-refractivity contribution in [2.24, 2.45) is 0 Å². The maximum absolute atomic E-state index is 13.8. The van der Waals surface area contributed by atoms with Gasteiger partial charge in [-0.3, -0.25) is 4.72 Å². The van der Waals surface area contributed by atoms with Crippen molar-refractivity contribution in [3.8, 4) is 0 Å². The number of carboxylic acid groups (broad SMARTS) is 1. The van der Waals surface area contributed by atoms with E-state index in [0.717, 1.165) is 12.1 Å². The van der Waals surface area contributed by atoms with Gasteiger partial charge in [0.05, 0.1) is 15.0 Å². The van der Waals surface area contributed by atoms with E-state index in [9.17, 15) is 17.6 Å². The van der Waals surface area contributed by atoms with E-state index in [-0.39, 0.29) is 4.90 Å². The lowest BCUT2D eigenvalue weighted by atomic mass is 10.2. The van der Waals surface area contributed by atoms with Crippen LogP contribution in [0.3, 0.4) is 0 Å². The number of hydrogen-bond donors (Lipinski definition) is 2. The van der Waals surface area contributed by atoms with Crippen LogP contribution in [0.25, 0.3) is 0 Å². The van der Waals surface area contributed by atoms with Crippen molar-refractivity contribution in [1.29, 1.82) is 0 Å². The third kappa shape index (κ3) is 3.25. The molecular weight excluding hydrogens is 385 g/mol. The van der Waals surface area contributed by atoms with Crippen molar-refractivity contribution in [2.45, 2.75) is 11.8 Å². The summed E-state index contributed by atoms with van der Waals surface area (Å²) in [5.41, 5.74) is -1.03. The molecule has 0 aliphatic carbocycles. The molecule has 2 N–H and O–H groups in total. The van der Waals surface area contributed by atoms with Crippen molar-refractivity contribution in [2.75, 3.05) is 4.72 Å². The van der Waals surface area contributed by atoms with Gasteiger partial charge in [0.15, 0.2) is 0 Å². The fourth-order valence-electron chi connectivity index (χ4n) is 1.69. The van der Waals surface area contributed by atoms with E-state index in [1.807, 2.05) is 4.72 Å². The summed E-state index contributed by atoms with van der Waals surface area (Å²) in [7, 11) is -4.07. The number of thiophene rings is 1. The van der Waals surface area contributed by atoms with E-state index in [1.54, 1.807) is 6.92 Å². The molecule has 0 amide bonds. The Hall–Kier alpha value is -1.45. The molecule has 0 saturated carbocycles. The molecule has 1 aromatic heterocycles. The molecule has 0 spiro atoms. The normalized spacial score (nSPS) is 11.4. The molecular formula is C12H9BrFNO4S2. The molecule has 0 radical (unpaired) electrons. The monoisotopic (exact) mass is 393 g/mol. The Morgan fingerprint density at radius 3 is 2.62 bits per heavy atom. The van der Waals surface area contributed by atoms with E-state index < -0.39 is 33.1 Å². The number of aromatic carboxylic acids is 1. The third-order valence-electron chi connectivity index (χ3n) is 2.61. The van der Waals surface area contributed by atoms with Gasteiger partial charge in [-0.25, -0.2) is 17.6 Å². The second-order valence-corrected chi connectivity index (χ2v) is 8.33. The number of nitrogens with one attached hydrogen (secondary N) is 1. The Bertz CT molecular complexity index is 817. The van der Waals surface area contributed by atoms with E-state index in [0.29, 0.717) is 8.66 Å². The highest BCUT2D eigenvalue weighted by atomic mass is 79.9. The molecule has 0 saturated heterocycles. The number of rotatable bonds is 4. The number of benzene rings is 1. The Morgan fingerprint density at radius 2 is 2.10 bits per heavy atom. The lowest BCUT2D eigenvalue weighted by molar-refractivity contribution is 0.0697. The third-order valence-corrected chi connectivity index (χ3v) is 5.77. The number of sulfonamides is 1. The number of carbonyl (C=O) groups is 1. The van der Waals surface area contributed by atoms with Gasteiger partial charge in [-0.2, -0.15) is 0 Å². The standard InChI is InChI=1S/C12H9BrFNO4S2/c1-6-9(5-10(13)20-6)21(18,19)15-11-7(12(16)17)3-2-4-8(11)14/h2-5,15H,1H3,(H,16,17). The summed E-state index contributed by atoms with van der Waals surface area (Å²) in [4.78, 5) is 11.5. The number of anilines is 1. The van der Waals surface area contributed by atoms with Crippen LogP contribution in [0.4, 0.5) is 10.1 Å². The van der Waals surface area contributed by atoms with Gasteiger partial charge in [0.1, 0.15) is 10.7 Å². The number of hydrogen-bond acceptors (Lipinski definition) is 4. The fraction of sp³-hybridized carbons (Fsp3) is 0.0833. The van der Waals surface area contributed by atoms with Crippen LogP contribution >= 0.6 is 27.3 Å². The summed E-state index contributed by atoms with van der Waals surface area (Å²) in [6, 6.07) is 4.69. The molecule has 5 nitrogen and oxygen atoms in total. The van der Waals surface area contributed by atoms with Gasteiger partial charge < -0.3 is 5.11 Å². The zero-order chi connectivity index (χ0) is 15.8. The van der Waals surface area contributed by atoms with Crippen LogP contribution in [0, 0.1) is 12.7 Å². The molecule has 1 heterocycles. The second kappa shape index (κ2) is 5.74. The Morgan fingerprint density at radius 1 is 1.43 bits per heavy atom. The first kappa shape index (κ1) is 15.9. The van der Waals surface area contributed by atoms with Crippen molar-refractivity contribution in [3.63, 3.8) is 0 Å². The molecule has 0 bridgehead atoms. The molecule has 0 aliphatic heterocycles. The Labute approximate surface area is 132 Å². The van der Waals surface area contributed by atoms with Crippen molar-refractivity contribution in [1.82, 2.24) is 0 Å². The zero-order valence-corrected chi connectivity index (χ0v) is 13.8. The van der Waals surface area contributed by atoms with Crippen LogP contribution in [0.2, 0.25) is 0 Å². The molecule has 112 valence electrons. The molecule has 0 unspecified atom stereocenters. The van der Waals surface area contributed by atoms with Crippen LogP contribution in [-0.2, 0) is 10.0 Å². The van der Waals surface area contributed by atoms with Gasteiger partial charge in [-0.15, -0.1) is 11.3 Å². The van der Waals surface area contributed by atoms with Crippen LogP contribution in [0.5, 0.6) is 0 Å². The van der Waals surface area contributed by atoms with Gasteiger partial charge in [0.2, 0.25) is 0 Å². The first-order valence-electron chi connectivity index (χ1n) is 5.53. The summed E-state index contributed by atoms with van der Waals surface area (Å²) in [6.45, 7) is 1.60. The lowest BCUT2D eigenvalue weighted by Gasteiger charge is -2.11. The molecule has 2 rings (SSSR count). The highest BCUT2D eigenvalue weighted by molar-refractivity contribution is 9.11. The summed E-state index contributed by atoms with van der Waals surface area (Å²) < 4.78 is 40.9. The van der Waals surface area contributed by atoms with Crippen LogP contribution in [0.15, 0.2) is 32.9 Å². The minimum Gasteiger partial charge on any atom is -0.478 e. The predicted octanol–water partition coefficient (Wildman–Crippen LogP) is 3.46. The van der Waals surface area contributed by atoms with Crippen LogP contribution in [-0.4, -0.2) is 19.5 Å². The SMILES string of the molecule is Cc1sc(Br)cc1S(=O)(=O)Nc1c(F)cccc1C(=O)O. The van der Waals surface area contributed by atoms with E-state index in [4.69, 9.17) is 5.11 Å². The first-order chi connectivity index (χ1) is 9.72. The first-order valence-corrected chi connectivity index (χ1v) is 8.62. The Balaban J connectivity index is 2.52.